The van der Waals surface area contributed by atoms with Crippen LogP contribution >= 0.6 is 11.6 Å². The maximum Gasteiger partial charge on any atom is 0.400 e. The van der Waals surface area contributed by atoms with Crippen molar-refractivity contribution in [2.45, 2.75) is 18.2 Å². The zero-order valence-electron chi connectivity index (χ0n) is 9.75. The van der Waals surface area contributed by atoms with Crippen molar-refractivity contribution in [2.75, 3.05) is 18.6 Å². The SMILES string of the molecule is COc1ccc2c(c1)CCCN2C(=O)C(F)(F)Cl. The van der Waals surface area contributed by atoms with E-state index in [1.807, 2.05) is 0 Å². The van der Waals surface area contributed by atoms with Crippen molar-refractivity contribution in [2.24, 2.45) is 0 Å². The van der Waals surface area contributed by atoms with Crippen LogP contribution in [0.2, 0.25) is 0 Å². The summed E-state index contributed by atoms with van der Waals surface area (Å²) in [6.45, 7) is 0.250. The number of benzene rings is 1. The molecule has 98 valence electrons. The summed E-state index contributed by atoms with van der Waals surface area (Å²) in [6.07, 6.45) is 1.35. The van der Waals surface area contributed by atoms with Crippen molar-refractivity contribution in [3.8, 4) is 5.75 Å². The molecule has 1 aromatic rings. The van der Waals surface area contributed by atoms with Crippen LogP contribution in [0.1, 0.15) is 12.0 Å². The summed E-state index contributed by atoms with van der Waals surface area (Å²) in [5.74, 6) is -0.740. The second-order valence-corrected chi connectivity index (χ2v) is 4.53. The number of anilines is 1. The fourth-order valence-corrected chi connectivity index (χ4v) is 2.17. The van der Waals surface area contributed by atoms with Crippen LogP contribution < -0.4 is 9.64 Å². The first-order valence-corrected chi connectivity index (χ1v) is 5.87. The normalized spacial score (nSPS) is 15.2. The van der Waals surface area contributed by atoms with Gasteiger partial charge in [-0.15, -0.1) is 0 Å². The van der Waals surface area contributed by atoms with Gasteiger partial charge in [-0.05, 0) is 48.2 Å². The lowest BCUT2D eigenvalue weighted by atomic mass is 10.0. The van der Waals surface area contributed by atoms with Gasteiger partial charge in [0.15, 0.2) is 0 Å². The van der Waals surface area contributed by atoms with E-state index in [4.69, 9.17) is 16.3 Å². The summed E-state index contributed by atoms with van der Waals surface area (Å²) in [5.41, 5.74) is 1.29. The van der Waals surface area contributed by atoms with Gasteiger partial charge in [-0.1, -0.05) is 0 Å². The number of ether oxygens (including phenoxy) is 1. The predicted octanol–water partition coefficient (Wildman–Crippen LogP) is 2.81. The molecule has 0 saturated carbocycles. The fourth-order valence-electron chi connectivity index (χ4n) is 2.06. The van der Waals surface area contributed by atoms with Crippen molar-refractivity contribution in [3.63, 3.8) is 0 Å². The molecular formula is C12H12ClF2NO2. The average Bonchev–Trinajstić information content (AvgIpc) is 2.35. The van der Waals surface area contributed by atoms with E-state index in [0.717, 1.165) is 16.9 Å². The van der Waals surface area contributed by atoms with Crippen LogP contribution in [0, 0.1) is 0 Å². The second-order valence-electron chi connectivity index (χ2n) is 4.05. The Bertz CT molecular complexity index is 474. The molecule has 0 fully saturated rings. The lowest BCUT2D eigenvalue weighted by Crippen LogP contribution is -2.43. The number of hydrogen-bond acceptors (Lipinski definition) is 2. The Balaban J connectivity index is 2.37. The van der Waals surface area contributed by atoms with Gasteiger partial charge in [0.1, 0.15) is 5.75 Å². The molecule has 0 atom stereocenters. The van der Waals surface area contributed by atoms with Crippen LogP contribution in [0.5, 0.6) is 5.75 Å². The summed E-state index contributed by atoms with van der Waals surface area (Å²) in [7, 11) is 1.53. The van der Waals surface area contributed by atoms with Crippen LogP contribution in [0.25, 0.3) is 0 Å². The van der Waals surface area contributed by atoms with Crippen LogP contribution in [0.4, 0.5) is 14.5 Å². The lowest BCUT2D eigenvalue weighted by Gasteiger charge is -2.30. The Hall–Kier alpha value is -1.36. The molecule has 0 N–H and O–H groups in total. The molecule has 3 nitrogen and oxygen atoms in total. The first-order valence-electron chi connectivity index (χ1n) is 5.49. The quantitative estimate of drug-likeness (QED) is 0.777. The first-order chi connectivity index (χ1) is 8.43. The van der Waals surface area contributed by atoms with Crippen LogP contribution in [-0.2, 0) is 11.2 Å². The van der Waals surface area contributed by atoms with Gasteiger partial charge in [0.25, 0.3) is 0 Å². The number of nitrogens with zero attached hydrogens (tertiary/aromatic N) is 1. The summed E-state index contributed by atoms with van der Waals surface area (Å²) in [4.78, 5) is 12.6. The highest BCUT2D eigenvalue weighted by molar-refractivity contribution is 6.34. The summed E-state index contributed by atoms with van der Waals surface area (Å²) < 4.78 is 30.8. The van der Waals surface area contributed by atoms with E-state index in [0.29, 0.717) is 17.9 Å². The molecule has 1 aliphatic rings. The van der Waals surface area contributed by atoms with E-state index in [-0.39, 0.29) is 6.54 Å². The van der Waals surface area contributed by atoms with Crippen LogP contribution in [0.15, 0.2) is 18.2 Å². The van der Waals surface area contributed by atoms with Crippen molar-refractivity contribution in [1.29, 1.82) is 0 Å². The molecule has 18 heavy (non-hydrogen) atoms. The molecule has 1 aromatic carbocycles. The minimum atomic E-state index is -3.87. The number of carbonyl (C=O) groups excluding carboxylic acids is 1. The highest BCUT2D eigenvalue weighted by atomic mass is 35.5. The summed E-state index contributed by atoms with van der Waals surface area (Å²) in [5, 5.41) is -3.87. The number of methoxy groups -OCH3 is 1. The van der Waals surface area contributed by atoms with Crippen LogP contribution in [0.3, 0.4) is 0 Å². The highest BCUT2D eigenvalue weighted by Gasteiger charge is 2.41. The molecule has 2 rings (SSSR count). The van der Waals surface area contributed by atoms with Gasteiger partial charge >= 0.3 is 11.3 Å². The molecule has 1 amide bonds. The number of halogens is 3. The van der Waals surface area contributed by atoms with E-state index in [1.165, 1.54) is 7.11 Å². The number of rotatable bonds is 2. The molecule has 0 saturated heterocycles. The number of amides is 1. The topological polar surface area (TPSA) is 29.5 Å². The van der Waals surface area contributed by atoms with Crippen LogP contribution in [-0.4, -0.2) is 24.9 Å². The molecule has 0 aliphatic carbocycles. The van der Waals surface area contributed by atoms with E-state index in [2.05, 4.69) is 0 Å². The van der Waals surface area contributed by atoms with E-state index in [9.17, 15) is 13.6 Å². The Morgan fingerprint density at radius 1 is 1.50 bits per heavy atom. The van der Waals surface area contributed by atoms with Gasteiger partial charge < -0.3 is 9.64 Å². The minimum absolute atomic E-state index is 0.250. The number of aryl methyl sites for hydroxylation is 1. The third kappa shape index (κ3) is 2.41. The molecule has 1 heterocycles. The zero-order valence-corrected chi connectivity index (χ0v) is 10.5. The lowest BCUT2D eigenvalue weighted by molar-refractivity contribution is -0.132. The molecule has 6 heteroatoms. The molecule has 0 spiro atoms. The van der Waals surface area contributed by atoms with Gasteiger partial charge in [-0.2, -0.15) is 8.78 Å². The number of alkyl halides is 3. The van der Waals surface area contributed by atoms with Crippen molar-refractivity contribution in [1.82, 2.24) is 0 Å². The molecule has 0 unspecified atom stereocenters. The summed E-state index contributed by atoms with van der Waals surface area (Å²) >= 11 is 4.79. The highest BCUT2D eigenvalue weighted by Crippen LogP contribution is 2.33. The van der Waals surface area contributed by atoms with Gasteiger partial charge in [0.2, 0.25) is 0 Å². The van der Waals surface area contributed by atoms with Crippen molar-refractivity contribution in [3.05, 3.63) is 23.8 Å². The maximum absolute atomic E-state index is 12.9. The molecule has 0 aromatic heterocycles. The Morgan fingerprint density at radius 2 is 2.22 bits per heavy atom. The smallest absolute Gasteiger partial charge is 0.400 e. The summed E-state index contributed by atoms with van der Waals surface area (Å²) in [6, 6.07) is 4.99. The van der Waals surface area contributed by atoms with Gasteiger partial charge in [-0.3, -0.25) is 4.79 Å². The Kier molecular flexibility index (Phi) is 3.43. The standard InChI is InChI=1S/C12H12ClF2NO2/c1-18-9-4-5-10-8(7-9)3-2-6-16(10)11(17)12(13,14)15/h4-5,7H,2-3,6H2,1H3. The first kappa shape index (κ1) is 13.1. The van der Waals surface area contributed by atoms with Gasteiger partial charge in [0, 0.05) is 12.2 Å². The van der Waals surface area contributed by atoms with Gasteiger partial charge in [0.05, 0.1) is 7.11 Å². The monoisotopic (exact) mass is 275 g/mol. The maximum atomic E-state index is 12.9. The van der Waals surface area contributed by atoms with E-state index < -0.39 is 11.3 Å². The van der Waals surface area contributed by atoms with E-state index >= 15 is 0 Å². The average molecular weight is 276 g/mol. The largest absolute Gasteiger partial charge is 0.497 e. The minimum Gasteiger partial charge on any atom is -0.497 e. The van der Waals surface area contributed by atoms with Crippen molar-refractivity contribution >= 4 is 23.2 Å². The fraction of sp³-hybridized carbons (Fsp3) is 0.417. The zero-order chi connectivity index (χ0) is 13.3. The molecule has 0 radical (unpaired) electrons. The van der Waals surface area contributed by atoms with Crippen molar-refractivity contribution < 1.29 is 18.3 Å². The molecular weight excluding hydrogens is 264 g/mol. The molecule has 1 aliphatic heterocycles. The Labute approximate surface area is 108 Å². The number of carbonyl (C=O) groups is 1. The molecule has 0 bridgehead atoms. The third-order valence-corrected chi connectivity index (χ3v) is 3.05. The predicted molar refractivity (Wildman–Crippen MR) is 64.5 cm³/mol. The number of fused-ring (bicyclic) bond motifs is 1. The van der Waals surface area contributed by atoms with Gasteiger partial charge in [-0.25, -0.2) is 0 Å². The number of hydrogen-bond donors (Lipinski definition) is 0. The van der Waals surface area contributed by atoms with E-state index in [1.54, 1.807) is 18.2 Å². The third-order valence-electron chi connectivity index (χ3n) is 2.89. The second kappa shape index (κ2) is 4.72. The Morgan fingerprint density at radius 3 is 2.83 bits per heavy atom.